The van der Waals surface area contributed by atoms with Gasteiger partial charge in [-0.2, -0.15) is 0 Å². The molecular formula is H10ClKO5. The molecule has 0 bridgehead atoms. The summed E-state index contributed by atoms with van der Waals surface area (Å²) in [4.78, 5) is 0. The summed E-state index contributed by atoms with van der Waals surface area (Å²) in [6.45, 7) is 0. The maximum absolute atomic E-state index is 4.83. The molecule has 7 heavy (non-hydrogen) atoms. The number of hydrogen-bond donors (Lipinski definition) is 0. The molecule has 0 heterocycles. The fourth-order valence-electron chi connectivity index (χ4n) is 0. The van der Waals surface area contributed by atoms with Crippen LogP contribution in [0.15, 0.2) is 0 Å². The van der Waals surface area contributed by atoms with E-state index in [-0.39, 0.29) is 27.4 Å². The molecule has 48 valence electrons. The molecule has 0 radical (unpaired) electrons. The molecule has 0 unspecified atom stereocenters. The van der Waals surface area contributed by atoms with Crippen molar-refractivity contribution in [3.05, 3.63) is 0 Å². The standard InChI is InChI=1S/ClH.K.5H2O/h1H;;5*1H2/q;+1;;;;;/p-1. The maximum atomic E-state index is 4.83. The summed E-state index contributed by atoms with van der Waals surface area (Å²) in [5.74, 6) is 0. The van der Waals surface area contributed by atoms with Crippen LogP contribution in [0.4, 0.5) is 0 Å². The predicted molar refractivity (Wildman–Crippen MR) is 29.7 cm³/mol. The Balaban J connectivity index is -0.000000000500. The second kappa shape index (κ2) is 117. The van der Waals surface area contributed by atoms with Crippen LogP contribution in [0.1, 0.15) is 0 Å². The van der Waals surface area contributed by atoms with Gasteiger partial charge in [0.25, 0.3) is 0 Å². The van der Waals surface area contributed by atoms with Crippen LogP contribution >= 0.6 is 3.76 Å². The monoisotopic (exact) mass is 164 g/mol. The topological polar surface area (TPSA) is 158 Å². The number of hydrogen-bond acceptors (Lipinski definition) is 0. The van der Waals surface area contributed by atoms with Crippen molar-refractivity contribution in [2.75, 3.05) is 0 Å². The summed E-state index contributed by atoms with van der Waals surface area (Å²) >= 11 is 0.535. The molecule has 10 N–H and O–H groups in total. The van der Waals surface area contributed by atoms with Gasteiger partial charge in [-0.3, -0.25) is 0 Å². The molecule has 0 aromatic rings. The van der Waals surface area contributed by atoms with Gasteiger partial charge in [0.1, 0.15) is 0 Å². The summed E-state index contributed by atoms with van der Waals surface area (Å²) in [6, 6.07) is 0. The average molecular weight is 165 g/mol. The van der Waals surface area contributed by atoms with Crippen molar-refractivity contribution in [3.8, 4) is 0 Å². The van der Waals surface area contributed by atoms with Gasteiger partial charge in [-0.15, -0.1) is 0 Å². The van der Waals surface area contributed by atoms with E-state index in [4.69, 9.17) is 3.76 Å². The van der Waals surface area contributed by atoms with Gasteiger partial charge in [0, 0.05) is 0 Å². The van der Waals surface area contributed by atoms with Crippen molar-refractivity contribution in [1.29, 1.82) is 0 Å². The quantitative estimate of drug-likeness (QED) is 0.322. The molecule has 0 saturated carbocycles. The van der Waals surface area contributed by atoms with E-state index >= 15 is 0 Å². The van der Waals surface area contributed by atoms with Crippen LogP contribution in [0.25, 0.3) is 0 Å². The van der Waals surface area contributed by atoms with Crippen molar-refractivity contribution < 1.29 is 27.4 Å². The molecule has 7 heteroatoms. The molecule has 0 amide bonds. The Morgan fingerprint density at radius 2 is 0.571 bits per heavy atom. The first kappa shape index (κ1) is 70.1. The van der Waals surface area contributed by atoms with Gasteiger partial charge in [0.15, 0.2) is 0 Å². The first-order valence-electron chi connectivity index (χ1n) is 0.378. The second-order valence-electron chi connectivity index (χ2n) is 0. The molecular weight excluding hydrogens is 155 g/mol. The minimum atomic E-state index is 0. The van der Waals surface area contributed by atoms with Gasteiger partial charge in [-0.05, 0) is 0 Å². The van der Waals surface area contributed by atoms with Crippen molar-refractivity contribution in [2.45, 2.75) is 0 Å². The molecule has 0 spiro atoms. The number of rotatable bonds is 0. The van der Waals surface area contributed by atoms with Crippen LogP contribution in [0.5, 0.6) is 0 Å². The third kappa shape index (κ3) is 85.0. The zero-order chi connectivity index (χ0) is 2.00. The minimum absolute atomic E-state index is 0. The molecule has 0 fully saturated rings. The van der Waals surface area contributed by atoms with Crippen molar-refractivity contribution in [3.63, 3.8) is 0 Å². The molecule has 0 aliphatic carbocycles. The van der Waals surface area contributed by atoms with Crippen LogP contribution in [0.3, 0.4) is 0 Å². The van der Waals surface area contributed by atoms with E-state index in [0.717, 1.165) is 0 Å². The second-order valence-corrected chi connectivity index (χ2v) is 0. The van der Waals surface area contributed by atoms with Crippen LogP contribution in [-0.2, 0) is 0 Å². The van der Waals surface area contributed by atoms with E-state index in [9.17, 15) is 0 Å². The Bertz CT molecular complexity index is 8.04. The van der Waals surface area contributed by atoms with E-state index in [1.54, 1.807) is 0 Å². The Labute approximate surface area is 77.0 Å². The molecule has 0 aromatic heterocycles. The predicted octanol–water partition coefficient (Wildman–Crippen LogP) is -3.81. The average Bonchev–Trinajstić information content (AvgIpc) is 1.00. The van der Waals surface area contributed by atoms with E-state index in [0.29, 0.717) is 47.1 Å². The molecule has 0 aromatic carbocycles. The van der Waals surface area contributed by atoms with E-state index in [1.807, 2.05) is 0 Å². The third-order valence-electron chi connectivity index (χ3n) is 0. The molecule has 0 rings (SSSR count). The van der Waals surface area contributed by atoms with Crippen LogP contribution in [0, 0.1) is 0 Å². The third-order valence-corrected chi connectivity index (χ3v) is 0. The summed E-state index contributed by atoms with van der Waals surface area (Å²) in [6.07, 6.45) is 0. The Morgan fingerprint density at radius 1 is 0.571 bits per heavy atom. The summed E-state index contributed by atoms with van der Waals surface area (Å²) in [5.41, 5.74) is 0. The summed E-state index contributed by atoms with van der Waals surface area (Å²) < 4.78 is 4.83. The molecule has 0 atom stereocenters. The Kier molecular flexibility index (Phi) is 1170. The van der Waals surface area contributed by atoms with Crippen LogP contribution in [0.2, 0.25) is 0 Å². The first-order valence-corrected chi connectivity index (χ1v) is 4.68. The first-order chi connectivity index (χ1) is 1.00. The molecule has 0 aliphatic heterocycles. The van der Waals surface area contributed by atoms with E-state index < -0.39 is 0 Å². The van der Waals surface area contributed by atoms with Crippen molar-refractivity contribution in [1.82, 2.24) is 0 Å². The molecule has 5 nitrogen and oxygen atoms in total. The van der Waals surface area contributed by atoms with Crippen molar-refractivity contribution in [2.24, 2.45) is 0 Å². The summed E-state index contributed by atoms with van der Waals surface area (Å²) in [5, 5.41) is 0. The van der Waals surface area contributed by atoms with Crippen LogP contribution < -0.4 is 0 Å². The van der Waals surface area contributed by atoms with E-state index in [1.165, 1.54) is 0 Å². The van der Waals surface area contributed by atoms with Gasteiger partial charge in [-0.1, -0.05) is 0 Å². The zero-order valence-corrected chi connectivity index (χ0v) is 7.76. The van der Waals surface area contributed by atoms with Crippen LogP contribution in [-0.4, -0.2) is 74.5 Å². The Hall–Kier alpha value is 1.73. The van der Waals surface area contributed by atoms with Gasteiger partial charge >= 0.3 is 50.9 Å². The Morgan fingerprint density at radius 3 is 0.571 bits per heavy atom. The zero-order valence-electron chi connectivity index (χ0n) is 3.88. The van der Waals surface area contributed by atoms with Crippen molar-refractivity contribution >= 4 is 50.9 Å². The normalized spacial score (nSPS) is 1.00. The van der Waals surface area contributed by atoms with E-state index in [2.05, 4.69) is 0 Å². The van der Waals surface area contributed by atoms with Gasteiger partial charge < -0.3 is 27.4 Å². The molecule has 0 saturated heterocycles. The van der Waals surface area contributed by atoms with Gasteiger partial charge in [0.05, 0.1) is 0 Å². The van der Waals surface area contributed by atoms with Gasteiger partial charge in [-0.25, -0.2) is 0 Å². The molecule has 0 aliphatic rings. The fourth-order valence-corrected chi connectivity index (χ4v) is 0. The summed E-state index contributed by atoms with van der Waals surface area (Å²) in [7, 11) is 0. The van der Waals surface area contributed by atoms with Gasteiger partial charge in [0.2, 0.25) is 0 Å². The SMILES string of the molecule is O.O.O.O.O.[Cl][K]. The fraction of sp³-hybridized carbons (Fsp3) is 0. The number of halogens is 1.